The Balaban J connectivity index is 1.56. The number of aliphatic hydroxyl groups excluding tert-OH is 1. The lowest BCUT2D eigenvalue weighted by atomic mass is 10.1. The van der Waals surface area contributed by atoms with E-state index in [1.807, 2.05) is 25.1 Å². The Morgan fingerprint density at radius 1 is 1.32 bits per heavy atom. The van der Waals surface area contributed by atoms with Crippen LogP contribution in [0.1, 0.15) is 25.3 Å². The molecule has 0 bridgehead atoms. The molecule has 0 radical (unpaired) electrons. The first-order chi connectivity index (χ1) is 9.29. The van der Waals surface area contributed by atoms with Crippen molar-refractivity contribution in [2.75, 3.05) is 13.2 Å². The number of hydrogen-bond acceptors (Lipinski definition) is 2. The van der Waals surface area contributed by atoms with Crippen molar-refractivity contribution < 1.29 is 9.84 Å². The van der Waals surface area contributed by atoms with E-state index in [1.54, 1.807) is 0 Å². The Kier molecular flexibility index (Phi) is 5.62. The quantitative estimate of drug-likeness (QED) is 0.726. The second-order valence-corrected chi connectivity index (χ2v) is 5.58. The molecule has 19 heavy (non-hydrogen) atoms. The third kappa shape index (κ3) is 5.17. The molecule has 3 atom stereocenters. The fourth-order valence-electron chi connectivity index (χ4n) is 2.25. The molecule has 1 N–H and O–H groups in total. The molecule has 1 aliphatic carbocycles. The van der Waals surface area contributed by atoms with Crippen LogP contribution in [0, 0.1) is 17.8 Å². The SMILES string of the molecule is C[C@@H](/C=C/C[C@H]1C[C@H]1COCc1ccccc1)CO. The molecule has 0 amide bonds. The van der Waals surface area contributed by atoms with Gasteiger partial charge >= 0.3 is 0 Å². The molecule has 0 aliphatic heterocycles. The van der Waals surface area contributed by atoms with E-state index in [2.05, 4.69) is 24.3 Å². The van der Waals surface area contributed by atoms with E-state index in [4.69, 9.17) is 9.84 Å². The van der Waals surface area contributed by atoms with Gasteiger partial charge in [-0.05, 0) is 36.2 Å². The molecule has 104 valence electrons. The van der Waals surface area contributed by atoms with Crippen molar-refractivity contribution in [2.45, 2.75) is 26.4 Å². The van der Waals surface area contributed by atoms with Gasteiger partial charge in [0.1, 0.15) is 0 Å². The Hall–Kier alpha value is -1.12. The summed E-state index contributed by atoms with van der Waals surface area (Å²) in [6.07, 6.45) is 6.74. The molecule has 2 nitrogen and oxygen atoms in total. The standard InChI is InChI=1S/C17H24O2/c1-14(11-18)6-5-9-16-10-17(16)13-19-12-15-7-3-2-4-8-15/h2-8,14,16-18H,9-13H2,1H3/b6-5+/t14-,16-,17-/m0/s1. The zero-order valence-electron chi connectivity index (χ0n) is 11.7. The summed E-state index contributed by atoms with van der Waals surface area (Å²) < 4.78 is 5.76. The summed E-state index contributed by atoms with van der Waals surface area (Å²) in [5, 5.41) is 8.92. The summed E-state index contributed by atoms with van der Waals surface area (Å²) in [6, 6.07) is 10.3. The minimum absolute atomic E-state index is 0.241. The van der Waals surface area contributed by atoms with Gasteiger partial charge < -0.3 is 9.84 Å². The van der Waals surface area contributed by atoms with Crippen LogP contribution in [-0.2, 0) is 11.3 Å². The predicted molar refractivity (Wildman–Crippen MR) is 77.7 cm³/mol. The largest absolute Gasteiger partial charge is 0.396 e. The third-order valence-corrected chi connectivity index (χ3v) is 3.70. The summed E-state index contributed by atoms with van der Waals surface area (Å²) >= 11 is 0. The maximum Gasteiger partial charge on any atom is 0.0717 e. The third-order valence-electron chi connectivity index (χ3n) is 3.70. The molecule has 0 aromatic heterocycles. The van der Waals surface area contributed by atoms with Crippen LogP contribution in [0.25, 0.3) is 0 Å². The van der Waals surface area contributed by atoms with Crippen LogP contribution < -0.4 is 0 Å². The molecule has 1 aromatic rings. The number of aliphatic hydroxyl groups is 1. The van der Waals surface area contributed by atoms with Gasteiger partial charge in [0, 0.05) is 6.61 Å². The highest BCUT2D eigenvalue weighted by Gasteiger charge is 2.35. The Labute approximate surface area is 116 Å². The predicted octanol–water partition coefficient (Wildman–Crippen LogP) is 3.41. The fourth-order valence-corrected chi connectivity index (χ4v) is 2.25. The second kappa shape index (κ2) is 7.46. The Morgan fingerprint density at radius 3 is 2.84 bits per heavy atom. The summed E-state index contributed by atoms with van der Waals surface area (Å²) in [5.41, 5.74) is 1.25. The highest BCUT2D eigenvalue weighted by molar-refractivity contribution is 5.13. The van der Waals surface area contributed by atoms with Crippen molar-refractivity contribution in [2.24, 2.45) is 17.8 Å². The number of hydrogen-bond donors (Lipinski definition) is 1. The van der Waals surface area contributed by atoms with Gasteiger partial charge in [-0.15, -0.1) is 0 Å². The minimum atomic E-state index is 0.241. The van der Waals surface area contributed by atoms with Gasteiger partial charge in [0.25, 0.3) is 0 Å². The molecule has 0 spiro atoms. The number of benzene rings is 1. The molecule has 2 heteroatoms. The lowest BCUT2D eigenvalue weighted by Crippen LogP contribution is -1.99. The zero-order valence-corrected chi connectivity index (χ0v) is 11.7. The minimum Gasteiger partial charge on any atom is -0.396 e. The molecule has 1 fully saturated rings. The van der Waals surface area contributed by atoms with Crippen LogP contribution in [0.2, 0.25) is 0 Å². The molecule has 1 saturated carbocycles. The number of rotatable bonds is 8. The Morgan fingerprint density at radius 2 is 2.11 bits per heavy atom. The van der Waals surface area contributed by atoms with E-state index >= 15 is 0 Å². The van der Waals surface area contributed by atoms with E-state index in [9.17, 15) is 0 Å². The van der Waals surface area contributed by atoms with Gasteiger partial charge in [0.05, 0.1) is 13.2 Å². The molecule has 0 heterocycles. The van der Waals surface area contributed by atoms with Crippen LogP contribution >= 0.6 is 0 Å². The van der Waals surface area contributed by atoms with Crippen molar-refractivity contribution in [3.05, 3.63) is 48.0 Å². The molecule has 1 aromatic carbocycles. The van der Waals surface area contributed by atoms with Crippen molar-refractivity contribution >= 4 is 0 Å². The van der Waals surface area contributed by atoms with Gasteiger partial charge in [0.2, 0.25) is 0 Å². The van der Waals surface area contributed by atoms with Gasteiger partial charge in [-0.25, -0.2) is 0 Å². The molecular formula is C17H24O2. The topological polar surface area (TPSA) is 29.5 Å². The summed E-state index contributed by atoms with van der Waals surface area (Å²) in [6.45, 7) is 3.87. The van der Waals surface area contributed by atoms with E-state index in [0.717, 1.165) is 31.5 Å². The first kappa shape index (κ1) is 14.3. The molecule has 2 rings (SSSR count). The van der Waals surface area contributed by atoms with E-state index in [0.29, 0.717) is 0 Å². The number of allylic oxidation sites excluding steroid dienone is 1. The number of ether oxygens (including phenoxy) is 1. The van der Waals surface area contributed by atoms with Crippen LogP contribution in [0.4, 0.5) is 0 Å². The van der Waals surface area contributed by atoms with E-state index in [-0.39, 0.29) is 12.5 Å². The summed E-state index contributed by atoms with van der Waals surface area (Å²) in [7, 11) is 0. The second-order valence-electron chi connectivity index (χ2n) is 5.58. The van der Waals surface area contributed by atoms with Gasteiger partial charge in [0.15, 0.2) is 0 Å². The first-order valence-corrected chi connectivity index (χ1v) is 7.18. The smallest absolute Gasteiger partial charge is 0.0717 e. The zero-order chi connectivity index (χ0) is 13.5. The van der Waals surface area contributed by atoms with Crippen molar-refractivity contribution in [3.63, 3.8) is 0 Å². The maximum absolute atomic E-state index is 8.92. The van der Waals surface area contributed by atoms with Crippen LogP contribution in [0.15, 0.2) is 42.5 Å². The highest BCUT2D eigenvalue weighted by atomic mass is 16.5. The van der Waals surface area contributed by atoms with E-state index < -0.39 is 0 Å². The lowest BCUT2D eigenvalue weighted by Gasteiger charge is -2.03. The van der Waals surface area contributed by atoms with Crippen LogP contribution in [-0.4, -0.2) is 18.3 Å². The Bertz CT molecular complexity index is 386. The average molecular weight is 260 g/mol. The normalized spacial score (nSPS) is 23.7. The van der Waals surface area contributed by atoms with Crippen LogP contribution in [0.3, 0.4) is 0 Å². The van der Waals surface area contributed by atoms with Gasteiger partial charge in [-0.1, -0.05) is 49.4 Å². The van der Waals surface area contributed by atoms with Crippen LogP contribution in [0.5, 0.6) is 0 Å². The summed E-state index contributed by atoms with van der Waals surface area (Å²) in [5.74, 6) is 1.81. The van der Waals surface area contributed by atoms with Gasteiger partial charge in [-0.3, -0.25) is 0 Å². The lowest BCUT2D eigenvalue weighted by molar-refractivity contribution is 0.108. The highest BCUT2D eigenvalue weighted by Crippen LogP contribution is 2.41. The molecular weight excluding hydrogens is 236 g/mol. The summed E-state index contributed by atoms with van der Waals surface area (Å²) in [4.78, 5) is 0. The van der Waals surface area contributed by atoms with Crippen molar-refractivity contribution in [3.8, 4) is 0 Å². The fraction of sp³-hybridized carbons (Fsp3) is 0.529. The van der Waals surface area contributed by atoms with Crippen molar-refractivity contribution in [1.82, 2.24) is 0 Å². The maximum atomic E-state index is 8.92. The molecule has 1 aliphatic rings. The van der Waals surface area contributed by atoms with Crippen molar-refractivity contribution in [1.29, 1.82) is 0 Å². The van der Waals surface area contributed by atoms with E-state index in [1.165, 1.54) is 12.0 Å². The monoisotopic (exact) mass is 260 g/mol. The molecule has 0 unspecified atom stereocenters. The first-order valence-electron chi connectivity index (χ1n) is 7.18. The molecule has 0 saturated heterocycles. The average Bonchev–Trinajstić information content (AvgIpc) is 3.18. The van der Waals surface area contributed by atoms with Gasteiger partial charge in [-0.2, -0.15) is 0 Å².